The molecule has 0 aliphatic heterocycles. The topological polar surface area (TPSA) is 8.17 Å². The van der Waals surface area contributed by atoms with Crippen molar-refractivity contribution in [2.24, 2.45) is 0 Å². The smallest absolute Gasteiger partial charge is 0.0562 e. The number of rotatable bonds is 10. The molecule has 0 aliphatic rings. The van der Waals surface area contributed by atoms with Crippen molar-refractivity contribution in [1.29, 1.82) is 0 Å². The molecule has 1 aromatic heterocycles. The average Bonchev–Trinajstić information content (AvgIpc) is 3.80. The lowest BCUT2D eigenvalue weighted by Gasteiger charge is -2.27. The molecule has 2 nitrogen and oxygen atoms in total. The van der Waals surface area contributed by atoms with Gasteiger partial charge >= 0.3 is 0 Å². The second-order valence-electron chi connectivity index (χ2n) is 18.4. The Morgan fingerprint density at radius 1 is 0.250 bits per heavy atom. The zero-order valence-electron chi connectivity index (χ0n) is 39.6. The zero-order chi connectivity index (χ0) is 47.8. The predicted molar refractivity (Wildman–Crippen MR) is 306 cm³/mol. The van der Waals surface area contributed by atoms with Crippen LogP contribution in [0.2, 0.25) is 0 Å². The van der Waals surface area contributed by atoms with E-state index in [4.69, 9.17) is 0 Å². The Morgan fingerprint density at radius 2 is 0.694 bits per heavy atom. The van der Waals surface area contributed by atoms with Crippen molar-refractivity contribution in [2.45, 2.75) is 0 Å². The van der Waals surface area contributed by atoms with Crippen molar-refractivity contribution in [3.05, 3.63) is 291 Å². The van der Waals surface area contributed by atoms with Crippen LogP contribution in [0.15, 0.2) is 291 Å². The number of nitrogens with zero attached hydrogens (tertiary/aromatic N) is 2. The number of para-hydroxylation sites is 1. The van der Waals surface area contributed by atoms with Gasteiger partial charge in [0.15, 0.2) is 0 Å². The van der Waals surface area contributed by atoms with Crippen LogP contribution in [0.4, 0.5) is 17.1 Å². The highest BCUT2D eigenvalue weighted by Crippen LogP contribution is 2.46. The lowest BCUT2D eigenvalue weighted by atomic mass is 9.87. The van der Waals surface area contributed by atoms with E-state index in [-0.39, 0.29) is 0 Å². The summed E-state index contributed by atoms with van der Waals surface area (Å²) in [6, 6.07) is 106. The minimum Gasteiger partial charge on any atom is -0.310 e. The van der Waals surface area contributed by atoms with E-state index in [1.54, 1.807) is 0 Å². The monoisotopic (exact) mass is 916 g/mol. The fourth-order valence-corrected chi connectivity index (χ4v) is 10.9. The minimum atomic E-state index is 1.06. The molecule has 0 saturated carbocycles. The summed E-state index contributed by atoms with van der Waals surface area (Å²) in [5.41, 5.74) is 21.0. The van der Waals surface area contributed by atoms with Gasteiger partial charge in [0.2, 0.25) is 0 Å². The molecule has 338 valence electrons. The molecule has 0 unspecified atom stereocenters. The number of benzene rings is 12. The van der Waals surface area contributed by atoms with Crippen LogP contribution in [0.25, 0.3) is 105 Å². The molecule has 0 N–H and O–H groups in total. The summed E-state index contributed by atoms with van der Waals surface area (Å²) >= 11 is 0. The summed E-state index contributed by atoms with van der Waals surface area (Å²) in [5.74, 6) is 0. The number of hydrogen-bond donors (Lipinski definition) is 0. The molecule has 13 rings (SSSR count). The van der Waals surface area contributed by atoms with Gasteiger partial charge in [-0.2, -0.15) is 0 Å². The van der Waals surface area contributed by atoms with Crippen molar-refractivity contribution < 1.29 is 0 Å². The van der Waals surface area contributed by atoms with Crippen molar-refractivity contribution >= 4 is 49.6 Å². The Kier molecular flexibility index (Phi) is 10.9. The van der Waals surface area contributed by atoms with E-state index in [0.29, 0.717) is 0 Å². The van der Waals surface area contributed by atoms with E-state index < -0.39 is 0 Å². The molecule has 2 heteroatoms. The van der Waals surface area contributed by atoms with E-state index in [1.807, 2.05) is 0 Å². The highest BCUT2D eigenvalue weighted by atomic mass is 15.1. The van der Waals surface area contributed by atoms with Crippen LogP contribution >= 0.6 is 0 Å². The summed E-state index contributed by atoms with van der Waals surface area (Å²) < 4.78 is 2.43. The standard InChI is InChI=1S/C70H48N2/c1-6-20-49(21-7-1)61-32-18-33-62(50-22-8-2-9-23-50)69(61)55-38-43-58(44-39-55)71(57-41-36-53(37-42-57)64-46-40-52-26-16-17-31-60(52)68(64)54-27-12-4-13-28-54)59-45-47-65-67(48-59)72(56-29-14-5-15-30-56)66-35-19-34-63(70(65)66)51-24-10-3-11-25-51/h1-48H. The van der Waals surface area contributed by atoms with Crippen molar-refractivity contribution in [3.63, 3.8) is 0 Å². The number of hydrogen-bond acceptors (Lipinski definition) is 1. The first-order chi connectivity index (χ1) is 35.7. The first kappa shape index (κ1) is 42.6. The molecule has 13 aromatic rings. The number of aromatic nitrogens is 1. The third kappa shape index (κ3) is 7.63. The Bertz CT molecular complexity index is 3970. The summed E-state index contributed by atoms with van der Waals surface area (Å²) in [7, 11) is 0. The molecular formula is C70H48N2. The van der Waals surface area contributed by atoms with E-state index in [1.165, 1.54) is 82.7 Å². The number of anilines is 3. The van der Waals surface area contributed by atoms with E-state index in [2.05, 4.69) is 301 Å². The zero-order valence-corrected chi connectivity index (χ0v) is 39.6. The van der Waals surface area contributed by atoms with E-state index in [9.17, 15) is 0 Å². The molecule has 0 atom stereocenters. The summed E-state index contributed by atoms with van der Waals surface area (Å²) in [6.45, 7) is 0. The van der Waals surface area contributed by atoms with Crippen LogP contribution in [0.5, 0.6) is 0 Å². The van der Waals surface area contributed by atoms with Gasteiger partial charge in [-0.1, -0.05) is 237 Å². The first-order valence-electron chi connectivity index (χ1n) is 24.8. The molecule has 0 amide bonds. The molecule has 0 fully saturated rings. The molecule has 12 aromatic carbocycles. The van der Waals surface area contributed by atoms with Crippen molar-refractivity contribution in [3.8, 4) is 72.4 Å². The maximum atomic E-state index is 2.43. The summed E-state index contributed by atoms with van der Waals surface area (Å²) in [5, 5.41) is 4.92. The predicted octanol–water partition coefficient (Wildman–Crippen LogP) is 19.4. The van der Waals surface area contributed by atoms with Gasteiger partial charge in [-0.3, -0.25) is 0 Å². The van der Waals surface area contributed by atoms with Crippen molar-refractivity contribution in [2.75, 3.05) is 4.90 Å². The largest absolute Gasteiger partial charge is 0.310 e. The quantitative estimate of drug-likeness (QED) is 0.133. The Balaban J connectivity index is 1.01. The fraction of sp³-hybridized carbons (Fsp3) is 0. The van der Waals surface area contributed by atoms with Crippen LogP contribution in [-0.4, -0.2) is 4.57 Å². The average molecular weight is 917 g/mol. The molecular weight excluding hydrogens is 869 g/mol. The molecule has 0 saturated heterocycles. The van der Waals surface area contributed by atoms with Crippen LogP contribution in [0, 0.1) is 0 Å². The van der Waals surface area contributed by atoms with Gasteiger partial charge in [0.05, 0.1) is 11.0 Å². The highest BCUT2D eigenvalue weighted by molar-refractivity contribution is 6.16. The van der Waals surface area contributed by atoms with Gasteiger partial charge in [0, 0.05) is 33.5 Å². The molecule has 1 heterocycles. The van der Waals surface area contributed by atoms with E-state index >= 15 is 0 Å². The van der Waals surface area contributed by atoms with Gasteiger partial charge in [-0.15, -0.1) is 0 Å². The third-order valence-corrected chi connectivity index (χ3v) is 14.2. The molecule has 0 aliphatic carbocycles. The van der Waals surface area contributed by atoms with E-state index in [0.717, 1.165) is 39.4 Å². The summed E-state index contributed by atoms with van der Waals surface area (Å²) in [6.07, 6.45) is 0. The Hall–Kier alpha value is -9.50. The third-order valence-electron chi connectivity index (χ3n) is 14.2. The maximum Gasteiger partial charge on any atom is 0.0562 e. The lowest BCUT2D eigenvalue weighted by Crippen LogP contribution is -2.10. The van der Waals surface area contributed by atoms with Gasteiger partial charge in [-0.05, 0) is 132 Å². The second kappa shape index (κ2) is 18.4. The first-order valence-corrected chi connectivity index (χ1v) is 24.8. The highest BCUT2D eigenvalue weighted by Gasteiger charge is 2.22. The Labute approximate surface area is 420 Å². The van der Waals surface area contributed by atoms with Crippen LogP contribution < -0.4 is 4.90 Å². The number of fused-ring (bicyclic) bond motifs is 4. The van der Waals surface area contributed by atoms with Gasteiger partial charge in [0.1, 0.15) is 0 Å². The molecule has 0 radical (unpaired) electrons. The fourth-order valence-electron chi connectivity index (χ4n) is 10.9. The maximum absolute atomic E-state index is 2.43. The van der Waals surface area contributed by atoms with Crippen LogP contribution in [-0.2, 0) is 0 Å². The minimum absolute atomic E-state index is 1.06. The van der Waals surface area contributed by atoms with Crippen molar-refractivity contribution in [1.82, 2.24) is 4.57 Å². The SMILES string of the molecule is c1ccc(-c2cccc(-c3ccccc3)c2-c2ccc(N(c3ccc(-c4ccc5ccccc5c4-c4ccccc4)cc3)c3ccc4c5c(-c6ccccc6)cccc5n(-c5ccccc5)c4c3)cc2)cc1. The van der Waals surface area contributed by atoms with Gasteiger partial charge in [-0.25, -0.2) is 0 Å². The van der Waals surface area contributed by atoms with Crippen LogP contribution in [0.3, 0.4) is 0 Å². The van der Waals surface area contributed by atoms with Crippen LogP contribution in [0.1, 0.15) is 0 Å². The van der Waals surface area contributed by atoms with Gasteiger partial charge < -0.3 is 9.47 Å². The second-order valence-corrected chi connectivity index (χ2v) is 18.4. The Morgan fingerprint density at radius 3 is 1.31 bits per heavy atom. The van der Waals surface area contributed by atoms with Gasteiger partial charge in [0.25, 0.3) is 0 Å². The normalized spacial score (nSPS) is 11.3. The molecule has 72 heavy (non-hydrogen) atoms. The molecule has 0 spiro atoms. The molecule has 0 bridgehead atoms. The lowest BCUT2D eigenvalue weighted by molar-refractivity contribution is 1.18. The summed E-state index contributed by atoms with van der Waals surface area (Å²) in [4.78, 5) is 2.41.